The van der Waals surface area contributed by atoms with Crippen molar-refractivity contribution in [1.82, 2.24) is 9.78 Å². The third-order valence-electron chi connectivity index (χ3n) is 3.50. The minimum Gasteiger partial charge on any atom is -0.258 e. The van der Waals surface area contributed by atoms with Gasteiger partial charge >= 0.3 is 0 Å². The lowest BCUT2D eigenvalue weighted by Gasteiger charge is -2.05. The van der Waals surface area contributed by atoms with Gasteiger partial charge in [0.1, 0.15) is 0 Å². The van der Waals surface area contributed by atoms with Gasteiger partial charge in [-0.1, -0.05) is 42.1 Å². The fourth-order valence-corrected chi connectivity index (χ4v) is 3.44. The highest BCUT2D eigenvalue weighted by Gasteiger charge is 2.19. The topological polar surface area (TPSA) is 61.0 Å². The summed E-state index contributed by atoms with van der Waals surface area (Å²) in [5, 5.41) is 15.8. The SMILES string of the molecule is Cc1nn(-c2ccccc2)c(C)c1Sc1ccccc1[N+](=O)[O-]. The predicted molar refractivity (Wildman–Crippen MR) is 90.3 cm³/mol. The van der Waals surface area contributed by atoms with Crippen LogP contribution in [0.1, 0.15) is 11.4 Å². The summed E-state index contributed by atoms with van der Waals surface area (Å²) in [6.07, 6.45) is 0. The first-order valence-corrected chi connectivity index (χ1v) is 7.92. The van der Waals surface area contributed by atoms with Gasteiger partial charge in [0.05, 0.1) is 31.8 Å². The third-order valence-corrected chi connectivity index (χ3v) is 4.86. The van der Waals surface area contributed by atoms with E-state index in [9.17, 15) is 10.1 Å². The van der Waals surface area contributed by atoms with Crippen LogP contribution in [0, 0.1) is 24.0 Å². The van der Waals surface area contributed by atoms with Crippen molar-refractivity contribution in [2.75, 3.05) is 0 Å². The van der Waals surface area contributed by atoms with Gasteiger partial charge in [-0.15, -0.1) is 0 Å². The van der Waals surface area contributed by atoms with Crippen LogP contribution in [0.2, 0.25) is 0 Å². The van der Waals surface area contributed by atoms with Gasteiger partial charge in [0, 0.05) is 6.07 Å². The van der Waals surface area contributed by atoms with Gasteiger partial charge in [-0.25, -0.2) is 4.68 Å². The molecule has 5 nitrogen and oxygen atoms in total. The van der Waals surface area contributed by atoms with Gasteiger partial charge < -0.3 is 0 Å². The average molecular weight is 325 g/mol. The number of rotatable bonds is 4. The molecule has 0 aliphatic carbocycles. The van der Waals surface area contributed by atoms with Crippen LogP contribution < -0.4 is 0 Å². The third kappa shape index (κ3) is 2.98. The average Bonchev–Trinajstić information content (AvgIpc) is 2.84. The Morgan fingerprint density at radius 3 is 2.39 bits per heavy atom. The Morgan fingerprint density at radius 1 is 1.04 bits per heavy atom. The number of nitro groups is 1. The molecule has 23 heavy (non-hydrogen) atoms. The van der Waals surface area contributed by atoms with E-state index in [-0.39, 0.29) is 10.6 Å². The van der Waals surface area contributed by atoms with E-state index in [1.165, 1.54) is 17.8 Å². The second kappa shape index (κ2) is 6.26. The minimum atomic E-state index is -0.353. The maximum atomic E-state index is 11.2. The van der Waals surface area contributed by atoms with Crippen molar-refractivity contribution < 1.29 is 4.92 Å². The molecular weight excluding hydrogens is 310 g/mol. The second-order valence-electron chi connectivity index (χ2n) is 5.07. The molecule has 0 spiro atoms. The molecule has 0 N–H and O–H groups in total. The summed E-state index contributed by atoms with van der Waals surface area (Å²) in [6.45, 7) is 3.90. The number of benzene rings is 2. The first-order chi connectivity index (χ1) is 11.1. The van der Waals surface area contributed by atoms with Crippen LogP contribution >= 0.6 is 11.8 Å². The number of aromatic nitrogens is 2. The van der Waals surface area contributed by atoms with E-state index >= 15 is 0 Å². The number of nitrogens with zero attached hydrogens (tertiary/aromatic N) is 3. The highest BCUT2D eigenvalue weighted by molar-refractivity contribution is 7.99. The molecule has 0 radical (unpaired) electrons. The summed E-state index contributed by atoms with van der Waals surface area (Å²) in [5.41, 5.74) is 2.91. The zero-order chi connectivity index (χ0) is 16.4. The molecule has 0 aliphatic rings. The maximum Gasteiger partial charge on any atom is 0.283 e. The van der Waals surface area contributed by atoms with E-state index in [0.29, 0.717) is 4.90 Å². The van der Waals surface area contributed by atoms with Crippen molar-refractivity contribution in [3.63, 3.8) is 0 Å². The molecular formula is C17H15N3O2S. The molecule has 0 aliphatic heterocycles. The largest absolute Gasteiger partial charge is 0.283 e. The Labute approximate surface area is 138 Å². The van der Waals surface area contributed by atoms with E-state index in [2.05, 4.69) is 5.10 Å². The lowest BCUT2D eigenvalue weighted by Crippen LogP contribution is -1.98. The van der Waals surface area contributed by atoms with Gasteiger partial charge in [0.2, 0.25) is 0 Å². The van der Waals surface area contributed by atoms with E-state index in [1.54, 1.807) is 12.1 Å². The molecule has 0 fully saturated rings. The summed E-state index contributed by atoms with van der Waals surface area (Å²) in [6, 6.07) is 16.6. The fourth-order valence-electron chi connectivity index (χ4n) is 2.40. The number of para-hydroxylation sites is 2. The van der Waals surface area contributed by atoms with Crippen LogP contribution in [0.3, 0.4) is 0 Å². The molecule has 0 saturated carbocycles. The summed E-state index contributed by atoms with van der Waals surface area (Å²) < 4.78 is 1.87. The van der Waals surface area contributed by atoms with E-state index in [1.807, 2.05) is 54.9 Å². The minimum absolute atomic E-state index is 0.115. The molecule has 0 atom stereocenters. The number of hydrogen-bond donors (Lipinski definition) is 0. The lowest BCUT2D eigenvalue weighted by molar-refractivity contribution is -0.387. The molecule has 2 aromatic carbocycles. The van der Waals surface area contributed by atoms with Crippen LogP contribution in [-0.2, 0) is 0 Å². The van der Waals surface area contributed by atoms with Crippen molar-refractivity contribution in [3.05, 3.63) is 76.1 Å². The molecule has 3 rings (SSSR count). The lowest BCUT2D eigenvalue weighted by atomic mass is 10.3. The van der Waals surface area contributed by atoms with Crippen LogP contribution in [0.15, 0.2) is 64.4 Å². The molecule has 0 amide bonds. The van der Waals surface area contributed by atoms with Crippen molar-refractivity contribution in [2.24, 2.45) is 0 Å². The fraction of sp³-hybridized carbons (Fsp3) is 0.118. The van der Waals surface area contributed by atoms with Crippen LogP contribution in [0.4, 0.5) is 5.69 Å². The van der Waals surface area contributed by atoms with Crippen molar-refractivity contribution in [1.29, 1.82) is 0 Å². The Morgan fingerprint density at radius 2 is 1.70 bits per heavy atom. The van der Waals surface area contributed by atoms with Gasteiger partial charge in [0.25, 0.3) is 5.69 Å². The molecule has 0 bridgehead atoms. The number of hydrogen-bond acceptors (Lipinski definition) is 4. The van der Waals surface area contributed by atoms with Crippen LogP contribution in [-0.4, -0.2) is 14.7 Å². The summed E-state index contributed by atoms with van der Waals surface area (Å²) >= 11 is 1.39. The first kappa shape index (κ1) is 15.3. The van der Waals surface area contributed by atoms with Crippen molar-refractivity contribution >= 4 is 17.4 Å². The zero-order valence-electron chi connectivity index (χ0n) is 12.8. The van der Waals surface area contributed by atoms with E-state index in [0.717, 1.165) is 22.0 Å². The monoisotopic (exact) mass is 325 g/mol. The van der Waals surface area contributed by atoms with E-state index < -0.39 is 0 Å². The molecule has 0 saturated heterocycles. The summed E-state index contributed by atoms with van der Waals surface area (Å²) in [7, 11) is 0. The Kier molecular flexibility index (Phi) is 4.16. The Balaban J connectivity index is 2.03. The summed E-state index contributed by atoms with van der Waals surface area (Å²) in [4.78, 5) is 12.4. The van der Waals surface area contributed by atoms with Gasteiger partial charge in [0.15, 0.2) is 0 Å². The van der Waals surface area contributed by atoms with Gasteiger partial charge in [-0.3, -0.25) is 10.1 Å². The molecule has 6 heteroatoms. The van der Waals surface area contributed by atoms with E-state index in [4.69, 9.17) is 0 Å². The van der Waals surface area contributed by atoms with Gasteiger partial charge in [-0.05, 0) is 32.0 Å². The maximum absolute atomic E-state index is 11.2. The molecule has 1 heterocycles. The first-order valence-electron chi connectivity index (χ1n) is 7.11. The molecule has 1 aromatic heterocycles. The Bertz CT molecular complexity index is 860. The molecule has 0 unspecified atom stereocenters. The smallest absolute Gasteiger partial charge is 0.258 e. The van der Waals surface area contributed by atoms with Crippen molar-refractivity contribution in [2.45, 2.75) is 23.6 Å². The molecule has 3 aromatic rings. The Hall–Kier alpha value is -2.60. The van der Waals surface area contributed by atoms with Crippen molar-refractivity contribution in [3.8, 4) is 5.69 Å². The highest BCUT2D eigenvalue weighted by Crippen LogP contribution is 2.38. The summed E-state index contributed by atoms with van der Waals surface area (Å²) in [5.74, 6) is 0. The van der Waals surface area contributed by atoms with Crippen LogP contribution in [0.25, 0.3) is 5.69 Å². The predicted octanol–water partition coefficient (Wildman–Crippen LogP) is 4.55. The number of aryl methyl sites for hydroxylation is 1. The zero-order valence-corrected chi connectivity index (χ0v) is 13.6. The standard InChI is InChI=1S/C17H15N3O2S/c1-12-17(23-16-11-7-6-10-15(16)20(21)22)13(2)19(18-12)14-8-4-3-5-9-14/h3-11H,1-2H3. The number of nitro benzene ring substituents is 1. The quantitative estimate of drug-likeness (QED) is 0.521. The highest BCUT2D eigenvalue weighted by atomic mass is 32.2. The second-order valence-corrected chi connectivity index (χ2v) is 6.13. The normalized spacial score (nSPS) is 10.7. The molecule has 116 valence electrons. The van der Waals surface area contributed by atoms with Gasteiger partial charge in [-0.2, -0.15) is 5.10 Å². The van der Waals surface area contributed by atoms with Crippen LogP contribution in [0.5, 0.6) is 0 Å².